The predicted octanol–water partition coefficient (Wildman–Crippen LogP) is 3.37. The quantitative estimate of drug-likeness (QED) is 0.458. The maximum Gasteiger partial charge on any atom is 0.277 e. The fourth-order valence-corrected chi connectivity index (χ4v) is 2.26. The van der Waals surface area contributed by atoms with E-state index in [1.165, 1.54) is 6.07 Å². The van der Waals surface area contributed by atoms with Gasteiger partial charge in [-0.3, -0.25) is 15.1 Å². The number of non-ortho nitro benzene ring substituents is 1. The first-order valence-electron chi connectivity index (χ1n) is 6.98. The van der Waals surface area contributed by atoms with E-state index in [1.807, 2.05) is 0 Å². The van der Waals surface area contributed by atoms with Crippen molar-refractivity contribution in [2.75, 3.05) is 25.6 Å². The van der Waals surface area contributed by atoms with Gasteiger partial charge in [-0.05, 0) is 31.4 Å². The van der Waals surface area contributed by atoms with E-state index in [-0.39, 0.29) is 10.6 Å². The Labute approximate surface area is 123 Å². The van der Waals surface area contributed by atoms with Crippen LogP contribution in [0.3, 0.4) is 0 Å². The summed E-state index contributed by atoms with van der Waals surface area (Å²) in [5.74, 6) is 0. The SMILES string of the molecule is COCCCCCNc1ccc([N+](=O)[O-])c2ccncc12. The molecule has 0 radical (unpaired) electrons. The number of aromatic nitrogens is 1. The van der Waals surface area contributed by atoms with Crippen LogP contribution in [0.5, 0.6) is 0 Å². The molecule has 1 aromatic carbocycles. The van der Waals surface area contributed by atoms with Crippen LogP contribution in [-0.2, 0) is 4.74 Å². The highest BCUT2D eigenvalue weighted by Gasteiger charge is 2.13. The lowest BCUT2D eigenvalue weighted by Crippen LogP contribution is -2.03. The number of hydrogen-bond donors (Lipinski definition) is 1. The van der Waals surface area contributed by atoms with Crippen LogP contribution in [0.15, 0.2) is 30.6 Å². The summed E-state index contributed by atoms with van der Waals surface area (Å²) in [6.45, 7) is 1.61. The highest BCUT2D eigenvalue weighted by molar-refractivity contribution is 5.99. The molecule has 112 valence electrons. The zero-order chi connectivity index (χ0) is 15.1. The van der Waals surface area contributed by atoms with Crippen molar-refractivity contribution in [3.05, 3.63) is 40.7 Å². The van der Waals surface area contributed by atoms with Crippen molar-refractivity contribution in [3.8, 4) is 0 Å². The van der Waals surface area contributed by atoms with Crippen LogP contribution in [0.1, 0.15) is 19.3 Å². The number of pyridine rings is 1. The molecule has 0 aliphatic heterocycles. The molecule has 6 nitrogen and oxygen atoms in total. The van der Waals surface area contributed by atoms with Gasteiger partial charge >= 0.3 is 0 Å². The number of hydrogen-bond acceptors (Lipinski definition) is 5. The van der Waals surface area contributed by atoms with Crippen LogP contribution < -0.4 is 5.32 Å². The maximum atomic E-state index is 11.0. The molecule has 0 atom stereocenters. The lowest BCUT2D eigenvalue weighted by Gasteiger charge is -2.09. The molecule has 1 aromatic heterocycles. The molecule has 0 aliphatic rings. The summed E-state index contributed by atoms with van der Waals surface area (Å²) >= 11 is 0. The van der Waals surface area contributed by atoms with Gasteiger partial charge in [-0.2, -0.15) is 0 Å². The van der Waals surface area contributed by atoms with Gasteiger partial charge in [0.2, 0.25) is 0 Å². The van der Waals surface area contributed by atoms with E-state index < -0.39 is 0 Å². The summed E-state index contributed by atoms with van der Waals surface area (Å²) in [5, 5.41) is 15.8. The number of anilines is 1. The van der Waals surface area contributed by atoms with Gasteiger partial charge in [-0.15, -0.1) is 0 Å². The standard InChI is InChI=1S/C15H19N3O3/c1-21-10-4-2-3-8-17-14-5-6-15(18(19)20)12-7-9-16-11-13(12)14/h5-7,9,11,17H,2-4,8,10H2,1H3. The number of methoxy groups -OCH3 is 1. The first kappa shape index (κ1) is 15.2. The Morgan fingerprint density at radius 2 is 2.10 bits per heavy atom. The Bertz CT molecular complexity index is 616. The average molecular weight is 289 g/mol. The Morgan fingerprint density at radius 1 is 1.24 bits per heavy atom. The number of nitrogens with one attached hydrogen (secondary N) is 1. The van der Waals surface area contributed by atoms with Gasteiger partial charge in [0, 0.05) is 49.8 Å². The largest absolute Gasteiger partial charge is 0.385 e. The zero-order valence-corrected chi connectivity index (χ0v) is 12.0. The van der Waals surface area contributed by atoms with E-state index in [0.717, 1.165) is 43.5 Å². The summed E-state index contributed by atoms with van der Waals surface area (Å²) in [4.78, 5) is 14.7. The normalized spacial score (nSPS) is 10.7. The van der Waals surface area contributed by atoms with Crippen molar-refractivity contribution in [2.45, 2.75) is 19.3 Å². The predicted molar refractivity (Wildman–Crippen MR) is 82.6 cm³/mol. The summed E-state index contributed by atoms with van der Waals surface area (Å²) in [5.41, 5.74) is 0.994. The number of unbranched alkanes of at least 4 members (excludes halogenated alkanes) is 2. The van der Waals surface area contributed by atoms with Crippen molar-refractivity contribution in [2.24, 2.45) is 0 Å². The molecule has 0 saturated carbocycles. The Hall–Kier alpha value is -2.21. The van der Waals surface area contributed by atoms with Crippen molar-refractivity contribution >= 4 is 22.1 Å². The molecule has 0 saturated heterocycles. The average Bonchev–Trinajstić information content (AvgIpc) is 2.50. The van der Waals surface area contributed by atoms with Crippen LogP contribution in [0, 0.1) is 10.1 Å². The Morgan fingerprint density at radius 3 is 2.86 bits per heavy atom. The van der Waals surface area contributed by atoms with E-state index in [0.29, 0.717) is 5.39 Å². The van der Waals surface area contributed by atoms with Crippen LogP contribution in [-0.4, -0.2) is 30.2 Å². The lowest BCUT2D eigenvalue weighted by molar-refractivity contribution is -0.383. The van der Waals surface area contributed by atoms with Gasteiger partial charge in [0.05, 0.1) is 10.3 Å². The van der Waals surface area contributed by atoms with Gasteiger partial charge < -0.3 is 10.1 Å². The van der Waals surface area contributed by atoms with Gasteiger partial charge in [-0.1, -0.05) is 0 Å². The summed E-state index contributed by atoms with van der Waals surface area (Å²) in [6.07, 6.45) is 6.40. The summed E-state index contributed by atoms with van der Waals surface area (Å²) in [7, 11) is 1.70. The first-order chi connectivity index (χ1) is 10.2. The topological polar surface area (TPSA) is 77.3 Å². The Balaban J connectivity index is 2.07. The monoisotopic (exact) mass is 289 g/mol. The molecule has 0 aliphatic carbocycles. The molecule has 6 heteroatoms. The zero-order valence-electron chi connectivity index (χ0n) is 12.0. The molecular formula is C15H19N3O3. The third-order valence-electron chi connectivity index (χ3n) is 3.33. The third-order valence-corrected chi connectivity index (χ3v) is 3.33. The number of nitro groups is 1. The van der Waals surface area contributed by atoms with Gasteiger partial charge in [0.15, 0.2) is 0 Å². The second-order valence-corrected chi connectivity index (χ2v) is 4.79. The number of ether oxygens (including phenoxy) is 1. The van der Waals surface area contributed by atoms with Crippen molar-refractivity contribution in [3.63, 3.8) is 0 Å². The number of rotatable bonds is 8. The van der Waals surface area contributed by atoms with Crippen molar-refractivity contribution in [1.29, 1.82) is 0 Å². The third kappa shape index (κ3) is 3.88. The minimum Gasteiger partial charge on any atom is -0.385 e. The van der Waals surface area contributed by atoms with Crippen LogP contribution in [0.2, 0.25) is 0 Å². The molecule has 0 unspecified atom stereocenters. The lowest BCUT2D eigenvalue weighted by atomic mass is 10.1. The van der Waals surface area contributed by atoms with Gasteiger partial charge in [0.25, 0.3) is 5.69 Å². The number of nitrogens with zero attached hydrogens (tertiary/aromatic N) is 2. The maximum absolute atomic E-state index is 11.0. The summed E-state index contributed by atoms with van der Waals surface area (Å²) < 4.78 is 5.01. The highest BCUT2D eigenvalue weighted by atomic mass is 16.6. The molecule has 21 heavy (non-hydrogen) atoms. The molecule has 0 spiro atoms. The molecule has 0 fully saturated rings. The second-order valence-electron chi connectivity index (χ2n) is 4.79. The van der Waals surface area contributed by atoms with E-state index in [1.54, 1.807) is 31.6 Å². The molecular weight excluding hydrogens is 270 g/mol. The molecule has 2 aromatic rings. The molecule has 2 rings (SSSR count). The molecule has 1 heterocycles. The highest BCUT2D eigenvalue weighted by Crippen LogP contribution is 2.30. The van der Waals surface area contributed by atoms with E-state index >= 15 is 0 Å². The Kier molecular flexibility index (Phi) is 5.45. The first-order valence-corrected chi connectivity index (χ1v) is 6.98. The number of nitro benzene ring substituents is 1. The van der Waals surface area contributed by atoms with Crippen molar-refractivity contribution < 1.29 is 9.66 Å². The van der Waals surface area contributed by atoms with Gasteiger partial charge in [0.1, 0.15) is 0 Å². The fraction of sp³-hybridized carbons (Fsp3) is 0.400. The minimum absolute atomic E-state index is 0.109. The molecule has 1 N–H and O–H groups in total. The van der Waals surface area contributed by atoms with Crippen LogP contribution >= 0.6 is 0 Å². The number of benzene rings is 1. The smallest absolute Gasteiger partial charge is 0.277 e. The van der Waals surface area contributed by atoms with Crippen LogP contribution in [0.25, 0.3) is 10.8 Å². The minimum atomic E-state index is -0.364. The fourth-order valence-electron chi connectivity index (χ4n) is 2.26. The van der Waals surface area contributed by atoms with E-state index in [2.05, 4.69) is 10.3 Å². The van der Waals surface area contributed by atoms with Gasteiger partial charge in [-0.25, -0.2) is 0 Å². The van der Waals surface area contributed by atoms with E-state index in [4.69, 9.17) is 4.74 Å². The molecule has 0 amide bonds. The van der Waals surface area contributed by atoms with E-state index in [9.17, 15) is 10.1 Å². The summed E-state index contributed by atoms with van der Waals surface area (Å²) in [6, 6.07) is 4.96. The van der Waals surface area contributed by atoms with Crippen LogP contribution in [0.4, 0.5) is 11.4 Å². The van der Waals surface area contributed by atoms with Crippen molar-refractivity contribution in [1.82, 2.24) is 4.98 Å². The molecule has 0 bridgehead atoms. The number of fused-ring (bicyclic) bond motifs is 1. The second kappa shape index (κ2) is 7.54.